The number of nitrogens with one attached hydrogen (secondary N) is 1. The number of pyridine rings is 1. The molecule has 2 rings (SSSR count). The quantitative estimate of drug-likeness (QED) is 0.832. The first-order chi connectivity index (χ1) is 10.2. The number of amides is 1. The molecule has 0 aliphatic carbocycles. The zero-order valence-electron chi connectivity index (χ0n) is 11.5. The zero-order chi connectivity index (χ0) is 15.1. The molecule has 0 aliphatic rings. The summed E-state index contributed by atoms with van der Waals surface area (Å²) in [5.74, 6) is 1.14. The van der Waals surface area contributed by atoms with Crippen LogP contribution in [-0.2, 0) is 4.79 Å². The number of rotatable bonds is 6. The highest BCUT2D eigenvalue weighted by atomic mass is 32.2. The second-order valence-electron chi connectivity index (χ2n) is 4.15. The molecular weight excluding hydrogens is 291 g/mol. The lowest BCUT2D eigenvalue weighted by Crippen LogP contribution is -2.14. The predicted molar refractivity (Wildman–Crippen MR) is 81.2 cm³/mol. The summed E-state index contributed by atoms with van der Waals surface area (Å²) < 4.78 is 17.9. The maximum atomic E-state index is 12.8. The first-order valence-corrected chi connectivity index (χ1v) is 7.35. The summed E-state index contributed by atoms with van der Waals surface area (Å²) in [6, 6.07) is 9.66. The van der Waals surface area contributed by atoms with Crippen molar-refractivity contribution in [2.45, 2.75) is 11.3 Å². The molecule has 2 aromatic rings. The third kappa shape index (κ3) is 4.75. The molecule has 4 nitrogen and oxygen atoms in total. The van der Waals surface area contributed by atoms with Crippen LogP contribution in [0.1, 0.15) is 6.42 Å². The molecule has 0 spiro atoms. The molecule has 110 valence electrons. The van der Waals surface area contributed by atoms with Crippen molar-refractivity contribution in [1.29, 1.82) is 0 Å². The van der Waals surface area contributed by atoms with Gasteiger partial charge in [0, 0.05) is 23.3 Å². The molecule has 6 heteroatoms. The summed E-state index contributed by atoms with van der Waals surface area (Å²) in [5.41, 5.74) is 0. The molecule has 1 aromatic heterocycles. The topological polar surface area (TPSA) is 51.2 Å². The highest BCUT2D eigenvalue weighted by molar-refractivity contribution is 7.99. The Morgan fingerprint density at radius 2 is 2.10 bits per heavy atom. The number of hydrogen-bond donors (Lipinski definition) is 1. The van der Waals surface area contributed by atoms with Gasteiger partial charge in [-0.3, -0.25) is 4.79 Å². The number of thioether (sulfide) groups is 1. The maximum absolute atomic E-state index is 12.8. The van der Waals surface area contributed by atoms with Crippen molar-refractivity contribution in [2.24, 2.45) is 0 Å². The van der Waals surface area contributed by atoms with Gasteiger partial charge < -0.3 is 10.1 Å². The van der Waals surface area contributed by atoms with E-state index in [0.29, 0.717) is 23.7 Å². The number of carbonyl (C=O) groups is 1. The van der Waals surface area contributed by atoms with E-state index in [9.17, 15) is 9.18 Å². The van der Waals surface area contributed by atoms with Crippen LogP contribution in [0.2, 0.25) is 0 Å². The minimum atomic E-state index is -0.264. The van der Waals surface area contributed by atoms with Crippen LogP contribution in [0.15, 0.2) is 47.5 Å². The molecule has 21 heavy (non-hydrogen) atoms. The highest BCUT2D eigenvalue weighted by Crippen LogP contribution is 2.21. The van der Waals surface area contributed by atoms with E-state index >= 15 is 0 Å². The van der Waals surface area contributed by atoms with Crippen LogP contribution in [-0.4, -0.2) is 23.8 Å². The molecular formula is C15H15FN2O2S. The van der Waals surface area contributed by atoms with E-state index < -0.39 is 0 Å². The van der Waals surface area contributed by atoms with Crippen LogP contribution in [0.5, 0.6) is 5.75 Å². The minimum absolute atomic E-state index is 0.137. The number of ether oxygens (including phenoxy) is 1. The lowest BCUT2D eigenvalue weighted by molar-refractivity contribution is -0.115. The summed E-state index contributed by atoms with van der Waals surface area (Å²) in [4.78, 5) is 16.8. The van der Waals surface area contributed by atoms with Crippen LogP contribution in [0, 0.1) is 5.82 Å². The maximum Gasteiger partial charge on any atom is 0.226 e. The van der Waals surface area contributed by atoms with Gasteiger partial charge in [-0.1, -0.05) is 0 Å². The largest absolute Gasteiger partial charge is 0.493 e. The van der Waals surface area contributed by atoms with Gasteiger partial charge in [0.05, 0.1) is 7.11 Å². The molecule has 1 amide bonds. The Hall–Kier alpha value is -2.08. The van der Waals surface area contributed by atoms with Gasteiger partial charge in [0.1, 0.15) is 5.82 Å². The van der Waals surface area contributed by atoms with Crippen LogP contribution in [0.3, 0.4) is 0 Å². The number of hydrogen-bond acceptors (Lipinski definition) is 4. The van der Waals surface area contributed by atoms with Crippen molar-refractivity contribution in [2.75, 3.05) is 18.2 Å². The van der Waals surface area contributed by atoms with Gasteiger partial charge in [0.25, 0.3) is 0 Å². The van der Waals surface area contributed by atoms with E-state index in [0.717, 1.165) is 4.90 Å². The van der Waals surface area contributed by atoms with Crippen LogP contribution >= 0.6 is 11.8 Å². The fraction of sp³-hybridized carbons (Fsp3) is 0.200. The molecule has 1 heterocycles. The number of nitrogens with zero attached hydrogens (tertiary/aromatic N) is 1. The van der Waals surface area contributed by atoms with Crippen molar-refractivity contribution in [1.82, 2.24) is 4.98 Å². The molecule has 0 bridgehead atoms. The number of carbonyl (C=O) groups excluding carboxylic acids is 1. The van der Waals surface area contributed by atoms with Crippen molar-refractivity contribution in [3.63, 3.8) is 0 Å². The van der Waals surface area contributed by atoms with Gasteiger partial charge in [-0.2, -0.15) is 0 Å². The van der Waals surface area contributed by atoms with Crippen LogP contribution in [0.4, 0.5) is 10.2 Å². The third-order valence-electron chi connectivity index (χ3n) is 2.66. The molecule has 0 radical (unpaired) electrons. The smallest absolute Gasteiger partial charge is 0.226 e. The van der Waals surface area contributed by atoms with Gasteiger partial charge in [-0.25, -0.2) is 9.37 Å². The SMILES string of the molecule is COc1cccnc1NC(=O)CCSc1ccc(F)cc1. The molecule has 1 N–H and O–H groups in total. The average Bonchev–Trinajstić information content (AvgIpc) is 2.50. The van der Waals surface area contributed by atoms with E-state index in [1.807, 2.05) is 0 Å². The molecule has 1 aromatic carbocycles. The van der Waals surface area contributed by atoms with Crippen molar-refractivity contribution >= 4 is 23.5 Å². The Labute approximate surface area is 126 Å². The third-order valence-corrected chi connectivity index (χ3v) is 3.67. The number of anilines is 1. The summed E-state index contributed by atoms with van der Waals surface area (Å²) in [6.45, 7) is 0. The van der Waals surface area contributed by atoms with E-state index in [1.54, 1.807) is 30.5 Å². The highest BCUT2D eigenvalue weighted by Gasteiger charge is 2.08. The average molecular weight is 306 g/mol. The fourth-order valence-electron chi connectivity index (χ4n) is 1.64. The van der Waals surface area contributed by atoms with Gasteiger partial charge in [-0.15, -0.1) is 11.8 Å². The van der Waals surface area contributed by atoms with Crippen LogP contribution < -0.4 is 10.1 Å². The van der Waals surface area contributed by atoms with Gasteiger partial charge in [0.15, 0.2) is 11.6 Å². The number of aromatic nitrogens is 1. The monoisotopic (exact) mass is 306 g/mol. The summed E-state index contributed by atoms with van der Waals surface area (Å²) in [7, 11) is 1.52. The normalized spacial score (nSPS) is 10.2. The Bertz CT molecular complexity index is 605. The second kappa shape index (κ2) is 7.64. The Kier molecular flexibility index (Phi) is 5.57. The lowest BCUT2D eigenvalue weighted by Gasteiger charge is -2.08. The summed E-state index contributed by atoms with van der Waals surface area (Å²) in [5, 5.41) is 2.71. The molecule has 0 fully saturated rings. The molecule has 0 saturated heterocycles. The van der Waals surface area contributed by atoms with Crippen molar-refractivity contribution in [3.05, 3.63) is 48.4 Å². The number of halogens is 1. The lowest BCUT2D eigenvalue weighted by atomic mass is 10.3. The van der Waals surface area contributed by atoms with Crippen LogP contribution in [0.25, 0.3) is 0 Å². The van der Waals surface area contributed by atoms with E-state index in [2.05, 4.69) is 10.3 Å². The van der Waals surface area contributed by atoms with Crippen molar-refractivity contribution in [3.8, 4) is 5.75 Å². The summed E-state index contributed by atoms with van der Waals surface area (Å²) in [6.07, 6.45) is 1.92. The second-order valence-corrected chi connectivity index (χ2v) is 5.32. The Balaban J connectivity index is 1.81. The van der Waals surface area contributed by atoms with E-state index in [-0.39, 0.29) is 11.7 Å². The fourth-order valence-corrected chi connectivity index (χ4v) is 2.49. The number of methoxy groups -OCH3 is 1. The zero-order valence-corrected chi connectivity index (χ0v) is 12.3. The first-order valence-electron chi connectivity index (χ1n) is 6.36. The minimum Gasteiger partial charge on any atom is -0.493 e. The van der Waals surface area contributed by atoms with Crippen molar-refractivity contribution < 1.29 is 13.9 Å². The van der Waals surface area contributed by atoms with Gasteiger partial charge >= 0.3 is 0 Å². The molecule has 0 saturated carbocycles. The van der Waals surface area contributed by atoms with Gasteiger partial charge in [-0.05, 0) is 36.4 Å². The van der Waals surface area contributed by atoms with E-state index in [1.165, 1.54) is 31.0 Å². The Morgan fingerprint density at radius 3 is 2.81 bits per heavy atom. The summed E-state index contributed by atoms with van der Waals surface area (Å²) >= 11 is 1.50. The molecule has 0 atom stereocenters. The first kappa shape index (κ1) is 15.3. The predicted octanol–water partition coefficient (Wildman–Crippen LogP) is 3.35. The van der Waals surface area contributed by atoms with E-state index in [4.69, 9.17) is 4.74 Å². The van der Waals surface area contributed by atoms with Gasteiger partial charge in [0.2, 0.25) is 5.91 Å². The molecule has 0 unspecified atom stereocenters. The standard InChI is InChI=1S/C15H15FN2O2S/c1-20-13-3-2-9-17-15(13)18-14(19)8-10-21-12-6-4-11(16)5-7-12/h2-7,9H,8,10H2,1H3,(H,17,18,19). The Morgan fingerprint density at radius 1 is 1.33 bits per heavy atom. The molecule has 0 aliphatic heterocycles. The number of benzene rings is 1.